The van der Waals surface area contributed by atoms with Gasteiger partial charge >= 0.3 is 0 Å². The Morgan fingerprint density at radius 3 is 2.22 bits per heavy atom. The maximum absolute atomic E-state index is 13.2. The van der Waals surface area contributed by atoms with Crippen LogP contribution in [0.2, 0.25) is 0 Å². The van der Waals surface area contributed by atoms with Gasteiger partial charge in [0.15, 0.2) is 0 Å². The van der Waals surface area contributed by atoms with E-state index in [9.17, 15) is 14.7 Å². The SMILES string of the molecule is COCCCN1C(=O)C(=O)/C(=C(/O)c2ccc(OCc3ccccc3)cc2)C1C(C)c1ccccc1. The third kappa shape index (κ3) is 5.50. The maximum Gasteiger partial charge on any atom is 0.295 e. The standard InChI is InChI=1S/C30H31NO5/c1-21(23-12-7-4-8-13-23)27-26(29(33)30(34)31(27)18-9-19-35-2)28(32)24-14-16-25(17-15-24)36-20-22-10-5-3-6-11-22/h3-8,10-17,21,27,32H,9,18-20H2,1-2H3/b28-26+. The van der Waals surface area contributed by atoms with Crippen molar-refractivity contribution >= 4 is 17.4 Å². The quantitative estimate of drug-likeness (QED) is 0.186. The molecule has 1 amide bonds. The van der Waals surface area contributed by atoms with Crippen molar-refractivity contribution in [2.75, 3.05) is 20.3 Å². The van der Waals surface area contributed by atoms with Gasteiger partial charge in [-0.2, -0.15) is 0 Å². The van der Waals surface area contributed by atoms with Gasteiger partial charge in [-0.3, -0.25) is 9.59 Å². The van der Waals surface area contributed by atoms with Crippen LogP contribution in [0.15, 0.2) is 90.5 Å². The molecule has 3 aromatic rings. The number of amides is 1. The van der Waals surface area contributed by atoms with E-state index >= 15 is 0 Å². The molecule has 0 radical (unpaired) electrons. The first-order valence-corrected chi connectivity index (χ1v) is 12.1. The van der Waals surface area contributed by atoms with E-state index in [1.54, 1.807) is 36.3 Å². The van der Waals surface area contributed by atoms with Gasteiger partial charge < -0.3 is 19.5 Å². The lowest BCUT2D eigenvalue weighted by atomic mass is 9.87. The smallest absolute Gasteiger partial charge is 0.295 e. The number of aliphatic hydroxyl groups is 1. The Labute approximate surface area is 211 Å². The topological polar surface area (TPSA) is 76.1 Å². The molecule has 2 atom stereocenters. The first-order chi connectivity index (χ1) is 17.5. The summed E-state index contributed by atoms with van der Waals surface area (Å²) in [6.45, 7) is 3.24. The van der Waals surface area contributed by atoms with Crippen molar-refractivity contribution < 1.29 is 24.2 Å². The minimum atomic E-state index is -0.665. The molecule has 36 heavy (non-hydrogen) atoms. The Morgan fingerprint density at radius 2 is 1.58 bits per heavy atom. The highest BCUT2D eigenvalue weighted by Crippen LogP contribution is 2.37. The predicted octanol–water partition coefficient (Wildman–Crippen LogP) is 5.15. The average molecular weight is 486 g/mol. The minimum absolute atomic E-state index is 0.131. The van der Waals surface area contributed by atoms with Crippen LogP contribution in [-0.2, 0) is 20.9 Å². The molecule has 1 heterocycles. The zero-order chi connectivity index (χ0) is 25.5. The van der Waals surface area contributed by atoms with Crippen molar-refractivity contribution in [2.24, 2.45) is 0 Å². The molecule has 1 saturated heterocycles. The molecule has 1 aliphatic heterocycles. The molecule has 0 saturated carbocycles. The third-order valence-electron chi connectivity index (χ3n) is 6.51. The van der Waals surface area contributed by atoms with E-state index in [-0.39, 0.29) is 17.3 Å². The summed E-state index contributed by atoms with van der Waals surface area (Å²) in [6, 6.07) is 25.9. The molecule has 0 spiro atoms. The molecular weight excluding hydrogens is 454 g/mol. The normalized spacial score (nSPS) is 17.8. The number of carbonyl (C=O) groups excluding carboxylic acids is 2. The molecule has 6 heteroatoms. The van der Waals surface area contributed by atoms with Gasteiger partial charge in [0.2, 0.25) is 0 Å². The number of aliphatic hydroxyl groups excluding tert-OH is 1. The van der Waals surface area contributed by atoms with Gasteiger partial charge in [0.25, 0.3) is 11.7 Å². The van der Waals surface area contributed by atoms with Gasteiger partial charge in [-0.1, -0.05) is 67.6 Å². The molecule has 1 fully saturated rings. The molecular formula is C30H31NO5. The Balaban J connectivity index is 1.63. The van der Waals surface area contributed by atoms with Gasteiger partial charge in [-0.15, -0.1) is 0 Å². The first-order valence-electron chi connectivity index (χ1n) is 12.1. The summed E-state index contributed by atoms with van der Waals surface area (Å²) in [5.41, 5.74) is 2.62. The Kier molecular flexibility index (Phi) is 8.18. The summed E-state index contributed by atoms with van der Waals surface area (Å²) < 4.78 is 11.0. The van der Waals surface area contributed by atoms with E-state index in [0.29, 0.717) is 37.5 Å². The van der Waals surface area contributed by atoms with Gasteiger partial charge in [-0.25, -0.2) is 0 Å². The number of hydrogen-bond acceptors (Lipinski definition) is 5. The lowest BCUT2D eigenvalue weighted by Gasteiger charge is -2.30. The van der Waals surface area contributed by atoms with Crippen LogP contribution in [0.5, 0.6) is 5.75 Å². The van der Waals surface area contributed by atoms with Gasteiger partial charge in [0.05, 0.1) is 11.6 Å². The van der Waals surface area contributed by atoms with Crippen molar-refractivity contribution in [3.63, 3.8) is 0 Å². The molecule has 4 rings (SSSR count). The Bertz CT molecular complexity index is 1210. The van der Waals surface area contributed by atoms with Crippen LogP contribution in [0, 0.1) is 0 Å². The highest BCUT2D eigenvalue weighted by molar-refractivity contribution is 6.46. The minimum Gasteiger partial charge on any atom is -0.507 e. The number of Topliss-reactive ketones (excluding diaryl/α,β-unsaturated/α-hetero) is 1. The largest absolute Gasteiger partial charge is 0.507 e. The number of rotatable bonds is 10. The zero-order valence-corrected chi connectivity index (χ0v) is 20.6. The molecule has 1 aliphatic rings. The lowest BCUT2D eigenvalue weighted by molar-refractivity contribution is -0.140. The molecule has 1 N–H and O–H groups in total. The molecule has 6 nitrogen and oxygen atoms in total. The summed E-state index contributed by atoms with van der Waals surface area (Å²) in [5, 5.41) is 11.3. The predicted molar refractivity (Wildman–Crippen MR) is 139 cm³/mol. The third-order valence-corrected chi connectivity index (χ3v) is 6.51. The van der Waals surface area contributed by atoms with Gasteiger partial charge in [0.1, 0.15) is 18.1 Å². The Morgan fingerprint density at radius 1 is 0.944 bits per heavy atom. The summed E-state index contributed by atoms with van der Waals surface area (Å²) in [6.07, 6.45) is 0.592. The second-order valence-corrected chi connectivity index (χ2v) is 8.88. The second kappa shape index (κ2) is 11.7. The molecule has 3 aromatic carbocycles. The van der Waals surface area contributed by atoms with Crippen molar-refractivity contribution in [3.8, 4) is 5.75 Å². The van der Waals surface area contributed by atoms with Crippen LogP contribution in [-0.4, -0.2) is 48.0 Å². The molecule has 186 valence electrons. The fraction of sp³-hybridized carbons (Fsp3) is 0.267. The molecule has 0 aliphatic carbocycles. The van der Waals surface area contributed by atoms with Crippen molar-refractivity contribution in [2.45, 2.75) is 31.9 Å². The molecule has 0 aromatic heterocycles. The highest BCUT2D eigenvalue weighted by atomic mass is 16.5. The number of ether oxygens (including phenoxy) is 2. The molecule has 0 bridgehead atoms. The number of methoxy groups -OCH3 is 1. The average Bonchev–Trinajstić information content (AvgIpc) is 3.17. The highest BCUT2D eigenvalue weighted by Gasteiger charge is 2.47. The van der Waals surface area contributed by atoms with Crippen LogP contribution in [0.1, 0.15) is 36.0 Å². The zero-order valence-electron chi connectivity index (χ0n) is 20.6. The maximum atomic E-state index is 13.2. The van der Waals surface area contributed by atoms with Gasteiger partial charge in [-0.05, 0) is 41.8 Å². The summed E-state index contributed by atoms with van der Waals surface area (Å²) in [5.74, 6) is -0.991. The van der Waals surface area contributed by atoms with Crippen LogP contribution < -0.4 is 4.74 Å². The Hall–Kier alpha value is -3.90. The lowest BCUT2D eigenvalue weighted by Crippen LogP contribution is -2.38. The van der Waals surface area contributed by atoms with Crippen LogP contribution in [0.25, 0.3) is 5.76 Å². The van der Waals surface area contributed by atoms with E-state index in [1.165, 1.54) is 0 Å². The van der Waals surface area contributed by atoms with Gasteiger partial charge in [0, 0.05) is 31.7 Å². The summed E-state index contributed by atoms with van der Waals surface area (Å²) in [7, 11) is 1.60. The van der Waals surface area contributed by atoms with Crippen molar-refractivity contribution in [3.05, 3.63) is 107 Å². The fourth-order valence-corrected chi connectivity index (χ4v) is 4.59. The second-order valence-electron chi connectivity index (χ2n) is 8.88. The summed E-state index contributed by atoms with van der Waals surface area (Å²) in [4.78, 5) is 27.8. The first kappa shape index (κ1) is 25.2. The van der Waals surface area contributed by atoms with Crippen LogP contribution in [0.4, 0.5) is 0 Å². The van der Waals surface area contributed by atoms with E-state index in [2.05, 4.69) is 0 Å². The van der Waals surface area contributed by atoms with E-state index in [0.717, 1.165) is 11.1 Å². The van der Waals surface area contributed by atoms with Crippen LogP contribution >= 0.6 is 0 Å². The number of benzene rings is 3. The number of hydrogen-bond donors (Lipinski definition) is 1. The van der Waals surface area contributed by atoms with Crippen LogP contribution in [0.3, 0.4) is 0 Å². The molecule has 2 unspecified atom stereocenters. The van der Waals surface area contributed by atoms with Crippen molar-refractivity contribution in [1.29, 1.82) is 0 Å². The number of likely N-dealkylation sites (tertiary alicyclic amines) is 1. The van der Waals surface area contributed by atoms with Crippen molar-refractivity contribution in [1.82, 2.24) is 4.90 Å². The monoisotopic (exact) mass is 485 g/mol. The number of ketones is 1. The fourth-order valence-electron chi connectivity index (χ4n) is 4.59. The number of carbonyl (C=O) groups is 2. The summed E-state index contributed by atoms with van der Waals surface area (Å²) >= 11 is 0. The van der Waals surface area contributed by atoms with E-state index < -0.39 is 17.7 Å². The van der Waals surface area contributed by atoms with E-state index in [4.69, 9.17) is 9.47 Å². The number of nitrogens with zero attached hydrogens (tertiary/aromatic N) is 1. The van der Waals surface area contributed by atoms with E-state index in [1.807, 2.05) is 67.6 Å².